The van der Waals surface area contributed by atoms with Crippen LogP contribution in [-0.4, -0.2) is 17.8 Å². The third kappa shape index (κ3) is 2.19. The highest BCUT2D eigenvalue weighted by atomic mass is 32.1. The highest BCUT2D eigenvalue weighted by Gasteiger charge is 2.15. The number of anilines is 1. The summed E-state index contributed by atoms with van der Waals surface area (Å²) in [6.45, 7) is 3.44. The summed E-state index contributed by atoms with van der Waals surface area (Å²) in [6.07, 6.45) is 0. The fraction of sp³-hybridized carbons (Fsp3) is 0.308. The first-order chi connectivity index (χ1) is 9.15. The number of thiazole rings is 1. The molecule has 1 aromatic carbocycles. The van der Waals surface area contributed by atoms with Gasteiger partial charge in [0.25, 0.3) is 0 Å². The molecule has 0 unspecified atom stereocenters. The van der Waals surface area contributed by atoms with Crippen molar-refractivity contribution in [3.63, 3.8) is 0 Å². The molecule has 0 radical (unpaired) electrons. The number of rotatable bonds is 2. The van der Waals surface area contributed by atoms with Crippen molar-refractivity contribution < 1.29 is 9.47 Å². The summed E-state index contributed by atoms with van der Waals surface area (Å²) in [5, 5.41) is 1.84. The van der Waals surface area contributed by atoms with Gasteiger partial charge in [0.05, 0.1) is 6.54 Å². The molecule has 0 amide bonds. The third-order valence-corrected chi connectivity index (χ3v) is 3.99. The van der Waals surface area contributed by atoms with E-state index in [4.69, 9.17) is 15.2 Å². The van der Waals surface area contributed by atoms with Crippen molar-refractivity contribution in [2.75, 3.05) is 18.9 Å². The zero-order valence-electron chi connectivity index (χ0n) is 10.5. The van der Waals surface area contributed by atoms with Crippen molar-refractivity contribution in [2.45, 2.75) is 13.5 Å². The van der Waals surface area contributed by atoms with E-state index in [2.05, 4.69) is 0 Å². The van der Waals surface area contributed by atoms with Crippen molar-refractivity contribution in [3.8, 4) is 11.5 Å². The molecule has 0 saturated carbocycles. The van der Waals surface area contributed by atoms with Crippen LogP contribution >= 0.6 is 11.3 Å². The van der Waals surface area contributed by atoms with Crippen molar-refractivity contribution in [1.29, 1.82) is 0 Å². The van der Waals surface area contributed by atoms with Crippen LogP contribution in [0, 0.1) is 6.92 Å². The van der Waals surface area contributed by atoms with E-state index in [1.54, 1.807) is 10.6 Å². The summed E-state index contributed by atoms with van der Waals surface area (Å²) in [7, 11) is 0. The van der Waals surface area contributed by atoms with Gasteiger partial charge < -0.3 is 15.2 Å². The number of hydrogen-bond acceptors (Lipinski definition) is 5. The molecular formula is C13H14N2O3S. The minimum Gasteiger partial charge on any atom is -0.486 e. The van der Waals surface area contributed by atoms with Gasteiger partial charge in [0, 0.05) is 22.8 Å². The molecule has 0 spiro atoms. The van der Waals surface area contributed by atoms with Gasteiger partial charge >= 0.3 is 4.87 Å². The van der Waals surface area contributed by atoms with Crippen molar-refractivity contribution in [2.24, 2.45) is 0 Å². The summed E-state index contributed by atoms with van der Waals surface area (Å²) in [4.78, 5) is 11.7. The van der Waals surface area contributed by atoms with E-state index < -0.39 is 0 Å². The maximum Gasteiger partial charge on any atom is 0.307 e. The number of benzene rings is 1. The second-order valence-corrected chi connectivity index (χ2v) is 5.24. The van der Waals surface area contributed by atoms with Gasteiger partial charge in [0.15, 0.2) is 11.5 Å². The first-order valence-corrected chi connectivity index (χ1v) is 6.86. The molecule has 100 valence electrons. The Bertz CT molecular complexity index is 675. The molecule has 3 rings (SSSR count). The van der Waals surface area contributed by atoms with Gasteiger partial charge in [0.2, 0.25) is 0 Å². The molecule has 1 aliphatic heterocycles. The molecular weight excluding hydrogens is 264 g/mol. The van der Waals surface area contributed by atoms with Crippen LogP contribution in [0.1, 0.15) is 11.3 Å². The number of hydrogen-bond donors (Lipinski definition) is 1. The average molecular weight is 278 g/mol. The molecule has 0 fully saturated rings. The second-order valence-electron chi connectivity index (χ2n) is 4.42. The fourth-order valence-corrected chi connectivity index (χ4v) is 2.78. The van der Waals surface area contributed by atoms with Crippen molar-refractivity contribution in [3.05, 3.63) is 38.4 Å². The van der Waals surface area contributed by atoms with Crippen LogP contribution in [0.3, 0.4) is 0 Å². The van der Waals surface area contributed by atoms with Crippen LogP contribution < -0.4 is 20.1 Å². The maximum atomic E-state index is 11.7. The van der Waals surface area contributed by atoms with Gasteiger partial charge in [-0.1, -0.05) is 11.3 Å². The van der Waals surface area contributed by atoms with Gasteiger partial charge in [-0.05, 0) is 18.6 Å². The molecule has 1 aliphatic rings. The Balaban J connectivity index is 1.99. The molecule has 2 heterocycles. The monoisotopic (exact) mass is 278 g/mol. The number of aryl methyl sites for hydroxylation is 1. The summed E-state index contributed by atoms with van der Waals surface area (Å²) in [5.41, 5.74) is 8.43. The maximum absolute atomic E-state index is 11.7. The predicted molar refractivity (Wildman–Crippen MR) is 74.3 cm³/mol. The molecule has 0 atom stereocenters. The van der Waals surface area contributed by atoms with Gasteiger partial charge in [0.1, 0.15) is 13.2 Å². The molecule has 19 heavy (non-hydrogen) atoms. The Morgan fingerprint density at radius 2 is 2.00 bits per heavy atom. The van der Waals surface area contributed by atoms with E-state index in [-0.39, 0.29) is 4.87 Å². The van der Waals surface area contributed by atoms with Crippen LogP contribution in [0.5, 0.6) is 11.5 Å². The van der Waals surface area contributed by atoms with Crippen LogP contribution in [0.2, 0.25) is 0 Å². The minimum absolute atomic E-state index is 0.0202. The topological polar surface area (TPSA) is 66.5 Å². The number of nitrogen functional groups attached to an aromatic ring is 1. The van der Waals surface area contributed by atoms with E-state index in [1.807, 2.05) is 18.4 Å². The molecule has 0 aliphatic carbocycles. The lowest BCUT2D eigenvalue weighted by atomic mass is 10.1. The molecule has 0 bridgehead atoms. The number of fused-ring (bicyclic) bond motifs is 1. The van der Waals surface area contributed by atoms with Crippen LogP contribution in [0.15, 0.2) is 22.3 Å². The number of aromatic nitrogens is 1. The molecule has 2 aromatic rings. The van der Waals surface area contributed by atoms with Gasteiger partial charge in [-0.15, -0.1) is 0 Å². The van der Waals surface area contributed by atoms with Crippen molar-refractivity contribution >= 4 is 17.0 Å². The molecule has 0 saturated heterocycles. The van der Waals surface area contributed by atoms with E-state index in [0.29, 0.717) is 36.9 Å². The lowest BCUT2D eigenvalue weighted by Crippen LogP contribution is -2.18. The largest absolute Gasteiger partial charge is 0.486 e. The Labute approximate surface area is 114 Å². The standard InChI is InChI=1S/C13H14N2O3S/c1-8-7-19-13(16)15(8)6-9-4-11-12(5-10(9)14)18-3-2-17-11/h4-5,7H,2-3,6,14H2,1H3. The molecule has 1 aromatic heterocycles. The van der Waals surface area contributed by atoms with E-state index in [1.165, 1.54) is 11.3 Å². The lowest BCUT2D eigenvalue weighted by Gasteiger charge is -2.20. The number of ether oxygens (including phenoxy) is 2. The Hall–Kier alpha value is -1.95. The lowest BCUT2D eigenvalue weighted by molar-refractivity contribution is 0.171. The van der Waals surface area contributed by atoms with Gasteiger partial charge in [-0.3, -0.25) is 9.36 Å². The number of nitrogens with zero attached hydrogens (tertiary/aromatic N) is 1. The average Bonchev–Trinajstić information content (AvgIpc) is 2.71. The highest BCUT2D eigenvalue weighted by molar-refractivity contribution is 7.07. The minimum atomic E-state index is 0.0202. The SMILES string of the molecule is Cc1csc(=O)n1Cc1cc2c(cc1N)OCCO2. The van der Waals surface area contributed by atoms with Crippen LogP contribution in [-0.2, 0) is 6.54 Å². The zero-order chi connectivity index (χ0) is 13.4. The normalized spacial score (nSPS) is 13.5. The zero-order valence-corrected chi connectivity index (χ0v) is 11.3. The molecule has 6 heteroatoms. The Kier molecular flexibility index (Phi) is 2.94. The van der Waals surface area contributed by atoms with Crippen LogP contribution in [0.4, 0.5) is 5.69 Å². The Morgan fingerprint density at radius 1 is 1.32 bits per heavy atom. The quantitative estimate of drug-likeness (QED) is 0.848. The van der Waals surface area contributed by atoms with E-state index >= 15 is 0 Å². The predicted octanol–water partition coefficient (Wildman–Crippen LogP) is 1.62. The smallest absolute Gasteiger partial charge is 0.307 e. The Morgan fingerprint density at radius 3 is 2.63 bits per heavy atom. The summed E-state index contributed by atoms with van der Waals surface area (Å²) in [5.74, 6) is 1.36. The molecule has 5 nitrogen and oxygen atoms in total. The third-order valence-electron chi connectivity index (χ3n) is 3.11. The van der Waals surface area contributed by atoms with Gasteiger partial charge in [-0.2, -0.15) is 0 Å². The highest BCUT2D eigenvalue weighted by Crippen LogP contribution is 2.34. The first-order valence-electron chi connectivity index (χ1n) is 5.98. The van der Waals surface area contributed by atoms with Crippen LogP contribution in [0.25, 0.3) is 0 Å². The van der Waals surface area contributed by atoms with Gasteiger partial charge in [-0.25, -0.2) is 0 Å². The first kappa shape index (κ1) is 12.1. The molecule has 2 N–H and O–H groups in total. The second kappa shape index (κ2) is 4.62. The number of nitrogens with two attached hydrogens (primary N) is 1. The summed E-state index contributed by atoms with van der Waals surface area (Å²) >= 11 is 1.20. The summed E-state index contributed by atoms with van der Waals surface area (Å²) < 4.78 is 12.7. The van der Waals surface area contributed by atoms with Crippen molar-refractivity contribution in [1.82, 2.24) is 4.57 Å². The summed E-state index contributed by atoms with van der Waals surface area (Å²) in [6, 6.07) is 3.62. The fourth-order valence-electron chi connectivity index (χ4n) is 2.05. The van der Waals surface area contributed by atoms with E-state index in [9.17, 15) is 4.79 Å². The van der Waals surface area contributed by atoms with E-state index in [0.717, 1.165) is 11.3 Å².